The molecule has 72 valence electrons. The van der Waals surface area contributed by atoms with E-state index < -0.39 is 6.10 Å². The Hall–Kier alpha value is -1.36. The highest BCUT2D eigenvalue weighted by molar-refractivity contribution is 5.26. The highest BCUT2D eigenvalue weighted by Gasteiger charge is 1.98. The van der Waals surface area contributed by atoms with Crippen LogP contribution >= 0.6 is 0 Å². The molecule has 0 fully saturated rings. The minimum absolute atomic E-state index is 0.411. The molecule has 13 heavy (non-hydrogen) atoms. The number of anilines is 1. The van der Waals surface area contributed by atoms with Crippen LogP contribution in [0.2, 0.25) is 0 Å². The van der Waals surface area contributed by atoms with Gasteiger partial charge in [-0.2, -0.15) is 0 Å². The topological polar surface area (TPSA) is 67.3 Å². The van der Waals surface area contributed by atoms with Gasteiger partial charge in [0.1, 0.15) is 0 Å². The third-order valence-electron chi connectivity index (χ3n) is 1.42. The lowest BCUT2D eigenvalue weighted by Crippen LogP contribution is -2.16. The number of hydrogen-bond acceptors (Lipinski definition) is 5. The number of aliphatic hydroxyl groups is 1. The minimum atomic E-state index is -0.411. The van der Waals surface area contributed by atoms with Crippen molar-refractivity contribution in [1.29, 1.82) is 0 Å². The van der Waals surface area contributed by atoms with Crippen molar-refractivity contribution in [2.75, 3.05) is 19.0 Å². The van der Waals surface area contributed by atoms with Crippen LogP contribution in [0.15, 0.2) is 12.4 Å². The molecule has 0 saturated carbocycles. The molecular weight excluding hydrogens is 170 g/mol. The van der Waals surface area contributed by atoms with Gasteiger partial charge in [-0.25, -0.2) is 9.97 Å². The molecule has 0 bridgehead atoms. The first-order chi connectivity index (χ1) is 6.22. The molecule has 0 aliphatic carbocycles. The van der Waals surface area contributed by atoms with Crippen molar-refractivity contribution in [2.24, 2.45) is 0 Å². The number of ether oxygens (including phenoxy) is 1. The van der Waals surface area contributed by atoms with Gasteiger partial charge in [0, 0.05) is 6.54 Å². The van der Waals surface area contributed by atoms with Gasteiger partial charge in [0.2, 0.25) is 5.95 Å². The average Bonchev–Trinajstić information content (AvgIpc) is 2.15. The van der Waals surface area contributed by atoms with Crippen molar-refractivity contribution >= 4 is 5.95 Å². The number of nitrogens with one attached hydrogen (secondary N) is 1. The van der Waals surface area contributed by atoms with Crippen LogP contribution in [0.5, 0.6) is 5.75 Å². The zero-order valence-corrected chi connectivity index (χ0v) is 7.69. The summed E-state index contributed by atoms with van der Waals surface area (Å²) >= 11 is 0. The first-order valence-electron chi connectivity index (χ1n) is 4.00. The van der Waals surface area contributed by atoms with E-state index >= 15 is 0 Å². The largest absolute Gasteiger partial charge is 0.494 e. The fraction of sp³-hybridized carbons (Fsp3) is 0.500. The maximum absolute atomic E-state index is 8.97. The quantitative estimate of drug-likeness (QED) is 0.701. The van der Waals surface area contributed by atoms with Gasteiger partial charge in [-0.3, -0.25) is 0 Å². The van der Waals surface area contributed by atoms with Crippen molar-refractivity contribution in [1.82, 2.24) is 9.97 Å². The van der Waals surface area contributed by atoms with E-state index in [0.717, 1.165) is 0 Å². The molecule has 1 aromatic rings. The summed E-state index contributed by atoms with van der Waals surface area (Å²) < 4.78 is 4.89. The summed E-state index contributed by atoms with van der Waals surface area (Å²) in [4.78, 5) is 7.93. The Kier molecular flexibility index (Phi) is 3.45. The molecule has 1 aromatic heterocycles. The Balaban J connectivity index is 2.49. The van der Waals surface area contributed by atoms with Crippen LogP contribution in [-0.4, -0.2) is 34.8 Å². The van der Waals surface area contributed by atoms with Crippen LogP contribution in [0.25, 0.3) is 0 Å². The van der Waals surface area contributed by atoms with Crippen molar-refractivity contribution in [3.8, 4) is 5.75 Å². The molecule has 0 amide bonds. The van der Waals surface area contributed by atoms with Crippen molar-refractivity contribution in [3.63, 3.8) is 0 Å². The van der Waals surface area contributed by atoms with Gasteiger partial charge in [-0.15, -0.1) is 0 Å². The molecule has 0 aromatic carbocycles. The summed E-state index contributed by atoms with van der Waals surface area (Å²) in [6.45, 7) is 2.13. The predicted molar refractivity (Wildman–Crippen MR) is 48.8 cm³/mol. The zero-order valence-electron chi connectivity index (χ0n) is 7.69. The molecule has 1 rings (SSSR count). The molecule has 0 saturated heterocycles. The summed E-state index contributed by atoms with van der Waals surface area (Å²) in [6, 6.07) is 0. The van der Waals surface area contributed by atoms with Gasteiger partial charge in [0.05, 0.1) is 25.6 Å². The van der Waals surface area contributed by atoms with Crippen LogP contribution < -0.4 is 10.1 Å². The number of nitrogens with zero attached hydrogens (tertiary/aromatic N) is 2. The van der Waals surface area contributed by atoms with E-state index in [-0.39, 0.29) is 0 Å². The van der Waals surface area contributed by atoms with E-state index in [9.17, 15) is 0 Å². The Morgan fingerprint density at radius 2 is 2.15 bits per heavy atom. The molecule has 0 aliphatic heterocycles. The SMILES string of the molecule is COc1cnc(NCC(C)O)nc1. The van der Waals surface area contributed by atoms with Crippen LogP contribution in [-0.2, 0) is 0 Å². The van der Waals surface area contributed by atoms with Gasteiger partial charge in [-0.05, 0) is 6.92 Å². The second-order valence-electron chi connectivity index (χ2n) is 2.68. The van der Waals surface area contributed by atoms with Gasteiger partial charge >= 0.3 is 0 Å². The Bertz CT molecular complexity index is 248. The lowest BCUT2D eigenvalue weighted by molar-refractivity contribution is 0.208. The molecule has 1 heterocycles. The fourth-order valence-corrected chi connectivity index (χ4v) is 0.752. The lowest BCUT2D eigenvalue weighted by atomic mass is 10.4. The second kappa shape index (κ2) is 4.61. The molecular formula is C8H13N3O2. The van der Waals surface area contributed by atoms with Gasteiger partial charge in [0.25, 0.3) is 0 Å². The minimum Gasteiger partial charge on any atom is -0.494 e. The number of methoxy groups -OCH3 is 1. The monoisotopic (exact) mass is 183 g/mol. The summed E-state index contributed by atoms with van der Waals surface area (Å²) in [7, 11) is 1.56. The highest BCUT2D eigenvalue weighted by atomic mass is 16.5. The van der Waals surface area contributed by atoms with Gasteiger partial charge < -0.3 is 15.2 Å². The van der Waals surface area contributed by atoms with Crippen LogP contribution in [0.1, 0.15) is 6.92 Å². The van der Waals surface area contributed by atoms with E-state index in [1.807, 2.05) is 0 Å². The second-order valence-corrected chi connectivity index (χ2v) is 2.68. The van der Waals surface area contributed by atoms with Crippen molar-refractivity contribution < 1.29 is 9.84 Å². The van der Waals surface area contributed by atoms with Crippen molar-refractivity contribution in [3.05, 3.63) is 12.4 Å². The van der Waals surface area contributed by atoms with E-state index in [2.05, 4.69) is 15.3 Å². The molecule has 1 atom stereocenters. The van der Waals surface area contributed by atoms with Gasteiger partial charge in [-0.1, -0.05) is 0 Å². The van der Waals surface area contributed by atoms with E-state index in [4.69, 9.17) is 9.84 Å². The normalized spacial score (nSPS) is 12.2. The molecule has 1 unspecified atom stereocenters. The van der Waals surface area contributed by atoms with Gasteiger partial charge in [0.15, 0.2) is 5.75 Å². The molecule has 5 nitrogen and oxygen atoms in total. The first kappa shape index (κ1) is 9.73. The summed E-state index contributed by atoms with van der Waals surface area (Å²) in [6.07, 6.45) is 2.72. The zero-order chi connectivity index (χ0) is 9.68. The molecule has 0 radical (unpaired) electrons. The third kappa shape index (κ3) is 3.25. The maximum atomic E-state index is 8.97. The Morgan fingerprint density at radius 3 is 2.62 bits per heavy atom. The van der Waals surface area contributed by atoms with E-state index in [0.29, 0.717) is 18.2 Å². The van der Waals surface area contributed by atoms with Crippen molar-refractivity contribution in [2.45, 2.75) is 13.0 Å². The predicted octanol–water partition coefficient (Wildman–Crippen LogP) is 0.278. The molecule has 2 N–H and O–H groups in total. The Morgan fingerprint density at radius 1 is 1.54 bits per heavy atom. The number of hydrogen-bond donors (Lipinski definition) is 2. The van der Waals surface area contributed by atoms with Crippen LogP contribution in [0.4, 0.5) is 5.95 Å². The summed E-state index contributed by atoms with van der Waals surface area (Å²) in [5, 5.41) is 11.8. The molecule has 0 spiro atoms. The Labute approximate surface area is 76.8 Å². The average molecular weight is 183 g/mol. The smallest absolute Gasteiger partial charge is 0.222 e. The molecule has 0 aliphatic rings. The van der Waals surface area contributed by atoms with E-state index in [1.165, 1.54) is 0 Å². The standard InChI is InChI=1S/C8H13N3O2/c1-6(12)3-9-8-10-4-7(13-2)5-11-8/h4-6,12H,3H2,1-2H3,(H,9,10,11). The number of aromatic nitrogens is 2. The first-order valence-corrected chi connectivity index (χ1v) is 4.00. The number of aliphatic hydroxyl groups excluding tert-OH is 1. The lowest BCUT2D eigenvalue weighted by Gasteiger charge is -2.06. The third-order valence-corrected chi connectivity index (χ3v) is 1.42. The van der Waals surface area contributed by atoms with Crippen LogP contribution in [0.3, 0.4) is 0 Å². The molecule has 5 heteroatoms. The number of rotatable bonds is 4. The van der Waals surface area contributed by atoms with E-state index in [1.54, 1.807) is 26.4 Å². The summed E-state index contributed by atoms with van der Waals surface area (Å²) in [5.74, 6) is 1.10. The summed E-state index contributed by atoms with van der Waals surface area (Å²) in [5.41, 5.74) is 0. The maximum Gasteiger partial charge on any atom is 0.222 e. The fourth-order valence-electron chi connectivity index (χ4n) is 0.752. The van der Waals surface area contributed by atoms with Crippen LogP contribution in [0, 0.1) is 0 Å². The highest BCUT2D eigenvalue weighted by Crippen LogP contribution is 2.06.